The maximum Gasteiger partial charge on any atom is 0.309 e. The van der Waals surface area contributed by atoms with Crippen LogP contribution in [0.4, 0.5) is 0 Å². The van der Waals surface area contributed by atoms with E-state index in [-0.39, 0.29) is 5.97 Å². The second kappa shape index (κ2) is 1.39. The number of esters is 1. The molecular weight excluding hydrogens is 128 g/mol. The summed E-state index contributed by atoms with van der Waals surface area (Å²) in [6, 6.07) is 0. The Morgan fingerprint density at radius 1 is 1.40 bits per heavy atom. The minimum atomic E-state index is 0.0888. The van der Waals surface area contributed by atoms with Crippen LogP contribution in [0.5, 0.6) is 0 Å². The highest BCUT2D eigenvalue weighted by molar-refractivity contribution is 5.77. The summed E-state index contributed by atoms with van der Waals surface area (Å²) in [5.74, 6) is 1.90. The molecule has 2 nitrogen and oxygen atoms in total. The highest BCUT2D eigenvalue weighted by Gasteiger charge is 2.59. The van der Waals surface area contributed by atoms with E-state index < -0.39 is 0 Å². The molecule has 2 heteroatoms. The van der Waals surface area contributed by atoms with E-state index in [2.05, 4.69) is 0 Å². The van der Waals surface area contributed by atoms with Crippen molar-refractivity contribution in [3.63, 3.8) is 0 Å². The highest BCUT2D eigenvalue weighted by atomic mass is 16.6. The van der Waals surface area contributed by atoms with Gasteiger partial charge in [-0.05, 0) is 25.2 Å². The maximum atomic E-state index is 11.0. The van der Waals surface area contributed by atoms with E-state index in [0.717, 1.165) is 18.8 Å². The minimum Gasteiger partial charge on any atom is -0.462 e. The third kappa shape index (κ3) is 0.386. The van der Waals surface area contributed by atoms with E-state index in [1.54, 1.807) is 0 Å². The molecule has 2 saturated carbocycles. The standard InChI is InChI=1S/C8H10O2/c9-8-5-3-4-1-2-6(10-8)7(4)5/h4-7H,1-3H2. The van der Waals surface area contributed by atoms with Gasteiger partial charge in [-0.15, -0.1) is 0 Å². The largest absolute Gasteiger partial charge is 0.462 e. The summed E-state index contributed by atoms with van der Waals surface area (Å²) in [7, 11) is 0. The van der Waals surface area contributed by atoms with Crippen LogP contribution in [0.3, 0.4) is 0 Å². The van der Waals surface area contributed by atoms with Gasteiger partial charge in [0.25, 0.3) is 0 Å². The van der Waals surface area contributed by atoms with E-state index in [1.807, 2.05) is 0 Å². The molecule has 0 radical (unpaired) electrons. The molecule has 0 aromatic carbocycles. The normalized spacial score (nSPS) is 55.8. The summed E-state index contributed by atoms with van der Waals surface area (Å²) in [6.07, 6.45) is 3.90. The molecule has 2 aliphatic carbocycles. The number of carbonyl (C=O) groups is 1. The van der Waals surface area contributed by atoms with Crippen LogP contribution in [0.2, 0.25) is 0 Å². The number of rotatable bonds is 0. The lowest BCUT2D eigenvalue weighted by Gasteiger charge is -2.32. The van der Waals surface area contributed by atoms with Crippen LogP contribution in [0, 0.1) is 17.8 Å². The Morgan fingerprint density at radius 3 is 3.10 bits per heavy atom. The van der Waals surface area contributed by atoms with E-state index in [0.29, 0.717) is 17.9 Å². The molecule has 4 atom stereocenters. The second-order valence-electron chi connectivity index (χ2n) is 3.73. The first-order valence-electron chi connectivity index (χ1n) is 4.07. The summed E-state index contributed by atoms with van der Waals surface area (Å²) < 4.78 is 5.20. The monoisotopic (exact) mass is 138 g/mol. The van der Waals surface area contributed by atoms with Gasteiger partial charge in [-0.3, -0.25) is 4.79 Å². The molecule has 0 amide bonds. The highest BCUT2D eigenvalue weighted by Crippen LogP contribution is 2.56. The fourth-order valence-electron chi connectivity index (χ4n) is 2.84. The predicted molar refractivity (Wildman–Crippen MR) is 34.2 cm³/mol. The molecule has 0 spiro atoms. The molecule has 0 bridgehead atoms. The summed E-state index contributed by atoms with van der Waals surface area (Å²) in [6.45, 7) is 0. The van der Waals surface area contributed by atoms with Crippen molar-refractivity contribution >= 4 is 5.97 Å². The first-order chi connectivity index (χ1) is 4.86. The van der Waals surface area contributed by atoms with Gasteiger partial charge in [0.15, 0.2) is 0 Å². The number of hydrogen-bond donors (Lipinski definition) is 0. The minimum absolute atomic E-state index is 0.0888. The number of carbonyl (C=O) groups excluding carboxylic acids is 1. The molecule has 0 aromatic heterocycles. The van der Waals surface area contributed by atoms with Crippen molar-refractivity contribution in [2.45, 2.75) is 25.4 Å². The molecule has 10 heavy (non-hydrogen) atoms. The van der Waals surface area contributed by atoms with Gasteiger partial charge in [0.1, 0.15) is 6.10 Å². The third-order valence-electron chi connectivity index (χ3n) is 3.39. The average Bonchev–Trinajstić information content (AvgIpc) is 2.14. The van der Waals surface area contributed by atoms with Crippen LogP contribution in [-0.2, 0) is 9.53 Å². The summed E-state index contributed by atoms with van der Waals surface area (Å²) >= 11 is 0. The van der Waals surface area contributed by atoms with Gasteiger partial charge < -0.3 is 4.74 Å². The van der Waals surface area contributed by atoms with Gasteiger partial charge in [0.2, 0.25) is 0 Å². The topological polar surface area (TPSA) is 26.3 Å². The molecule has 0 N–H and O–H groups in total. The predicted octanol–water partition coefficient (Wildman–Crippen LogP) is 0.958. The molecule has 3 aliphatic rings. The van der Waals surface area contributed by atoms with E-state index in [9.17, 15) is 4.79 Å². The summed E-state index contributed by atoms with van der Waals surface area (Å²) in [5, 5.41) is 0. The first-order valence-corrected chi connectivity index (χ1v) is 4.07. The zero-order valence-corrected chi connectivity index (χ0v) is 5.75. The van der Waals surface area contributed by atoms with Crippen LogP contribution >= 0.6 is 0 Å². The average molecular weight is 138 g/mol. The van der Waals surface area contributed by atoms with E-state index in [4.69, 9.17) is 4.74 Å². The Bertz CT molecular complexity index is 199. The molecule has 3 rings (SSSR count). The molecule has 0 aromatic rings. The fourth-order valence-corrected chi connectivity index (χ4v) is 2.84. The van der Waals surface area contributed by atoms with Gasteiger partial charge in [-0.25, -0.2) is 0 Å². The zero-order chi connectivity index (χ0) is 6.72. The van der Waals surface area contributed by atoms with Crippen molar-refractivity contribution in [3.8, 4) is 0 Å². The smallest absolute Gasteiger partial charge is 0.309 e. The van der Waals surface area contributed by atoms with Gasteiger partial charge in [0.05, 0.1) is 5.92 Å². The van der Waals surface area contributed by atoms with Gasteiger partial charge >= 0.3 is 5.97 Å². The van der Waals surface area contributed by atoms with Crippen LogP contribution in [0.1, 0.15) is 19.3 Å². The van der Waals surface area contributed by atoms with Crippen molar-refractivity contribution in [2.24, 2.45) is 17.8 Å². The van der Waals surface area contributed by atoms with Crippen LogP contribution in [0.15, 0.2) is 0 Å². The lowest BCUT2D eigenvalue weighted by atomic mass is 9.67. The first kappa shape index (κ1) is 5.16. The van der Waals surface area contributed by atoms with Crippen LogP contribution < -0.4 is 0 Å². The number of ether oxygens (including phenoxy) is 1. The molecule has 3 fully saturated rings. The maximum absolute atomic E-state index is 11.0. The third-order valence-corrected chi connectivity index (χ3v) is 3.39. The quantitative estimate of drug-likeness (QED) is 0.466. The van der Waals surface area contributed by atoms with E-state index >= 15 is 0 Å². The fraction of sp³-hybridized carbons (Fsp3) is 0.875. The SMILES string of the molecule is O=C1OC2CCC3CC1C32. The Balaban J connectivity index is 1.98. The Hall–Kier alpha value is -0.530. The second-order valence-corrected chi connectivity index (χ2v) is 3.73. The van der Waals surface area contributed by atoms with Gasteiger partial charge in [0, 0.05) is 5.92 Å². The van der Waals surface area contributed by atoms with Crippen molar-refractivity contribution in [3.05, 3.63) is 0 Å². The summed E-state index contributed by atoms with van der Waals surface area (Å²) in [4.78, 5) is 11.0. The molecule has 4 unspecified atom stereocenters. The number of hydrogen-bond acceptors (Lipinski definition) is 2. The zero-order valence-electron chi connectivity index (χ0n) is 5.75. The lowest BCUT2D eigenvalue weighted by Crippen LogP contribution is -2.35. The lowest BCUT2D eigenvalue weighted by molar-refractivity contribution is -0.145. The van der Waals surface area contributed by atoms with Crippen molar-refractivity contribution in [2.75, 3.05) is 0 Å². The van der Waals surface area contributed by atoms with Crippen LogP contribution in [-0.4, -0.2) is 12.1 Å². The Labute approximate surface area is 59.6 Å². The molecular formula is C8H10O2. The van der Waals surface area contributed by atoms with Crippen LogP contribution in [0.25, 0.3) is 0 Å². The van der Waals surface area contributed by atoms with Crippen molar-refractivity contribution < 1.29 is 9.53 Å². The summed E-state index contributed by atoms with van der Waals surface area (Å²) in [5.41, 5.74) is 0. The molecule has 1 aliphatic heterocycles. The van der Waals surface area contributed by atoms with Gasteiger partial charge in [-0.2, -0.15) is 0 Å². The molecule has 1 saturated heterocycles. The Morgan fingerprint density at radius 2 is 2.30 bits per heavy atom. The van der Waals surface area contributed by atoms with Crippen molar-refractivity contribution in [1.82, 2.24) is 0 Å². The van der Waals surface area contributed by atoms with E-state index in [1.165, 1.54) is 6.42 Å². The molecule has 1 heterocycles. The van der Waals surface area contributed by atoms with Gasteiger partial charge in [-0.1, -0.05) is 0 Å². The Kier molecular flexibility index (Phi) is 0.715. The molecule has 54 valence electrons. The van der Waals surface area contributed by atoms with Crippen molar-refractivity contribution in [1.29, 1.82) is 0 Å².